The maximum absolute atomic E-state index is 4.84. The van der Waals surface area contributed by atoms with Gasteiger partial charge in [0.25, 0.3) is 0 Å². The lowest BCUT2D eigenvalue weighted by atomic mass is 9.47. The molecule has 0 spiro atoms. The van der Waals surface area contributed by atoms with Gasteiger partial charge in [-0.15, -0.1) is 0 Å². The van der Waals surface area contributed by atoms with Gasteiger partial charge in [-0.25, -0.2) is 0 Å². The van der Waals surface area contributed by atoms with E-state index in [4.69, 9.17) is 12.6 Å². The molecule has 0 N–H and O–H groups in total. The monoisotopic (exact) mass is 402 g/mol. The van der Waals surface area contributed by atoms with Gasteiger partial charge in [0.2, 0.25) is 0 Å². The van der Waals surface area contributed by atoms with Crippen LogP contribution in [0.25, 0.3) is 0 Å². The fraction of sp³-hybridized carbons (Fsp3) is 0.926. The lowest BCUT2D eigenvalue weighted by Crippen LogP contribution is -2.50. The SMILES string of the molecule is CCCCCCCC[C@@H]1CC[C@@H]2[C@H]3CC=C4C[C@@H](S)CC[C@]4(C)[C@@H]3CC[C@@]12C. The molecule has 3 fully saturated rings. The Kier molecular flexibility index (Phi) is 6.61. The largest absolute Gasteiger partial charge is 0.176 e. The highest BCUT2D eigenvalue weighted by Crippen LogP contribution is 2.66. The van der Waals surface area contributed by atoms with Crippen molar-refractivity contribution in [1.82, 2.24) is 0 Å². The molecule has 0 aromatic rings. The van der Waals surface area contributed by atoms with Gasteiger partial charge in [-0.3, -0.25) is 0 Å². The first-order chi connectivity index (χ1) is 13.5. The lowest BCUT2D eigenvalue weighted by Gasteiger charge is -2.58. The maximum atomic E-state index is 4.84. The molecule has 0 saturated heterocycles. The van der Waals surface area contributed by atoms with Crippen LogP contribution in [-0.2, 0) is 0 Å². The van der Waals surface area contributed by atoms with Crippen molar-refractivity contribution in [2.24, 2.45) is 34.5 Å². The molecule has 0 unspecified atom stereocenters. The summed E-state index contributed by atoms with van der Waals surface area (Å²) in [6.07, 6.45) is 24.5. The molecule has 0 nitrogen and oxygen atoms in total. The first-order valence-electron chi connectivity index (χ1n) is 12.9. The van der Waals surface area contributed by atoms with Crippen LogP contribution in [0.5, 0.6) is 0 Å². The third kappa shape index (κ3) is 3.76. The minimum absolute atomic E-state index is 0.515. The molecule has 4 aliphatic rings. The molecule has 0 aliphatic heterocycles. The van der Waals surface area contributed by atoms with Crippen molar-refractivity contribution in [3.8, 4) is 0 Å². The van der Waals surface area contributed by atoms with Crippen molar-refractivity contribution in [2.75, 3.05) is 0 Å². The summed E-state index contributed by atoms with van der Waals surface area (Å²) in [4.78, 5) is 0. The zero-order valence-electron chi connectivity index (χ0n) is 19.0. The molecule has 4 aliphatic carbocycles. The summed E-state index contributed by atoms with van der Waals surface area (Å²) in [6.45, 7) is 7.68. The average Bonchev–Trinajstić information content (AvgIpc) is 3.01. The van der Waals surface area contributed by atoms with Crippen LogP contribution in [0.3, 0.4) is 0 Å². The maximum Gasteiger partial charge on any atom is 0.00545 e. The molecule has 7 atom stereocenters. The summed E-state index contributed by atoms with van der Waals surface area (Å²) in [5.41, 5.74) is 2.97. The van der Waals surface area contributed by atoms with E-state index in [2.05, 4.69) is 26.8 Å². The Morgan fingerprint density at radius 2 is 1.71 bits per heavy atom. The van der Waals surface area contributed by atoms with Crippen LogP contribution < -0.4 is 0 Å². The van der Waals surface area contributed by atoms with E-state index in [1.165, 1.54) is 96.3 Å². The van der Waals surface area contributed by atoms with E-state index in [0.717, 1.165) is 23.7 Å². The first kappa shape index (κ1) is 21.3. The molecular formula is C27H46S. The Hall–Kier alpha value is 0.0900. The molecule has 3 saturated carbocycles. The number of thiol groups is 1. The minimum atomic E-state index is 0.515. The van der Waals surface area contributed by atoms with Gasteiger partial charge in [0.05, 0.1) is 0 Å². The van der Waals surface area contributed by atoms with Crippen molar-refractivity contribution in [3.63, 3.8) is 0 Å². The third-order valence-corrected chi connectivity index (χ3v) is 10.6. The smallest absolute Gasteiger partial charge is 0.00545 e. The molecule has 4 rings (SSSR count). The second-order valence-corrected chi connectivity index (χ2v) is 12.3. The summed E-state index contributed by atoms with van der Waals surface area (Å²) in [6, 6.07) is 0. The first-order valence-corrected chi connectivity index (χ1v) is 13.4. The van der Waals surface area contributed by atoms with E-state index in [1.807, 2.05) is 0 Å². The van der Waals surface area contributed by atoms with Gasteiger partial charge < -0.3 is 0 Å². The highest BCUT2D eigenvalue weighted by Gasteiger charge is 2.58. The van der Waals surface area contributed by atoms with Crippen LogP contribution in [0.15, 0.2) is 11.6 Å². The van der Waals surface area contributed by atoms with Crippen LogP contribution in [-0.4, -0.2) is 5.25 Å². The van der Waals surface area contributed by atoms with Crippen LogP contribution in [0, 0.1) is 34.5 Å². The fourth-order valence-electron chi connectivity index (χ4n) is 8.40. The highest BCUT2D eigenvalue weighted by atomic mass is 32.1. The molecule has 28 heavy (non-hydrogen) atoms. The summed E-state index contributed by atoms with van der Waals surface area (Å²) in [5, 5.41) is 0.623. The number of allylic oxidation sites excluding steroid dienone is 2. The standard InChI is InChI=1S/C27H46S/c1-4-5-6-7-8-9-10-20-12-14-24-23-13-11-21-19-22(28)15-17-27(21,3)25(23)16-18-26(20,24)2/h11,20,22-25,28H,4-10,12-19H2,1-3H3/t20-,22+,23-,24-,25-,26+,27+/m1/s1. The Bertz CT molecular complexity index is 565. The molecule has 0 amide bonds. The second-order valence-electron chi connectivity index (χ2n) is 11.5. The van der Waals surface area contributed by atoms with Crippen molar-refractivity contribution in [1.29, 1.82) is 0 Å². The van der Waals surface area contributed by atoms with E-state index in [1.54, 1.807) is 5.57 Å². The van der Waals surface area contributed by atoms with Crippen LogP contribution in [0.4, 0.5) is 0 Å². The summed E-state index contributed by atoms with van der Waals surface area (Å²) < 4.78 is 0. The van der Waals surface area contributed by atoms with Gasteiger partial charge in [-0.2, -0.15) is 12.6 Å². The lowest BCUT2D eigenvalue weighted by molar-refractivity contribution is -0.0421. The number of hydrogen-bond donors (Lipinski definition) is 1. The van der Waals surface area contributed by atoms with Crippen molar-refractivity contribution < 1.29 is 0 Å². The van der Waals surface area contributed by atoms with Crippen LogP contribution in [0.2, 0.25) is 0 Å². The highest BCUT2D eigenvalue weighted by molar-refractivity contribution is 7.80. The van der Waals surface area contributed by atoms with Gasteiger partial charge >= 0.3 is 0 Å². The van der Waals surface area contributed by atoms with Gasteiger partial charge in [-0.05, 0) is 92.3 Å². The molecule has 0 bridgehead atoms. The Labute approximate surface area is 181 Å². The van der Waals surface area contributed by atoms with Crippen LogP contribution >= 0.6 is 12.6 Å². The van der Waals surface area contributed by atoms with Crippen molar-refractivity contribution >= 4 is 12.6 Å². The van der Waals surface area contributed by atoms with E-state index in [9.17, 15) is 0 Å². The molecule has 0 radical (unpaired) electrons. The Morgan fingerprint density at radius 3 is 2.54 bits per heavy atom. The number of unbranched alkanes of at least 4 members (excludes halogenated alkanes) is 5. The quantitative estimate of drug-likeness (QED) is 0.246. The molecule has 160 valence electrons. The molecule has 0 heterocycles. The number of rotatable bonds is 7. The van der Waals surface area contributed by atoms with E-state index in [-0.39, 0.29) is 0 Å². The predicted molar refractivity (Wildman–Crippen MR) is 126 cm³/mol. The van der Waals surface area contributed by atoms with Crippen molar-refractivity contribution in [3.05, 3.63) is 11.6 Å². The second kappa shape index (κ2) is 8.68. The molecule has 0 aromatic carbocycles. The minimum Gasteiger partial charge on any atom is -0.176 e. The average molecular weight is 403 g/mol. The van der Waals surface area contributed by atoms with Gasteiger partial charge in [0.15, 0.2) is 0 Å². The summed E-state index contributed by atoms with van der Waals surface area (Å²) >= 11 is 4.84. The zero-order valence-corrected chi connectivity index (χ0v) is 19.9. The van der Waals surface area contributed by atoms with E-state index >= 15 is 0 Å². The fourth-order valence-corrected chi connectivity index (χ4v) is 8.72. The molecular weight excluding hydrogens is 356 g/mol. The predicted octanol–water partition coefficient (Wildman–Crippen LogP) is 8.61. The molecule has 1 heteroatoms. The number of hydrogen-bond acceptors (Lipinski definition) is 1. The topological polar surface area (TPSA) is 0 Å². The van der Waals surface area contributed by atoms with E-state index < -0.39 is 0 Å². The third-order valence-electron chi connectivity index (χ3n) is 10.2. The van der Waals surface area contributed by atoms with Crippen molar-refractivity contribution in [2.45, 2.75) is 122 Å². The summed E-state index contributed by atoms with van der Waals surface area (Å²) in [5.74, 6) is 3.99. The Balaban J connectivity index is 1.39. The number of fused-ring (bicyclic) bond motifs is 5. The van der Waals surface area contributed by atoms with Gasteiger partial charge in [-0.1, -0.05) is 70.9 Å². The van der Waals surface area contributed by atoms with Crippen LogP contribution in [0.1, 0.15) is 117 Å². The zero-order chi connectivity index (χ0) is 19.8. The van der Waals surface area contributed by atoms with Gasteiger partial charge in [0, 0.05) is 5.25 Å². The Morgan fingerprint density at radius 1 is 0.929 bits per heavy atom. The summed E-state index contributed by atoms with van der Waals surface area (Å²) in [7, 11) is 0. The van der Waals surface area contributed by atoms with Gasteiger partial charge in [0.1, 0.15) is 0 Å². The normalized spacial score (nSPS) is 45.1. The molecule has 0 aromatic heterocycles. The van der Waals surface area contributed by atoms with E-state index in [0.29, 0.717) is 16.1 Å².